The predicted molar refractivity (Wildman–Crippen MR) is 103 cm³/mol. The van der Waals surface area contributed by atoms with Gasteiger partial charge in [-0.25, -0.2) is 4.68 Å². The van der Waals surface area contributed by atoms with E-state index in [0.717, 1.165) is 11.1 Å². The maximum atomic E-state index is 12.2. The molecule has 1 amide bonds. The van der Waals surface area contributed by atoms with E-state index in [4.69, 9.17) is 4.74 Å². The van der Waals surface area contributed by atoms with Crippen LogP contribution in [0.5, 0.6) is 0 Å². The van der Waals surface area contributed by atoms with Gasteiger partial charge in [-0.3, -0.25) is 14.4 Å². The van der Waals surface area contributed by atoms with Gasteiger partial charge in [-0.05, 0) is 17.2 Å². The highest BCUT2D eigenvalue weighted by molar-refractivity contribution is 5.94. The van der Waals surface area contributed by atoms with Crippen molar-refractivity contribution in [3.8, 4) is 0 Å². The van der Waals surface area contributed by atoms with Crippen LogP contribution in [0.25, 0.3) is 0 Å². The first-order valence-corrected chi connectivity index (χ1v) is 8.71. The minimum Gasteiger partial charge on any atom is -0.460 e. The van der Waals surface area contributed by atoms with Gasteiger partial charge in [-0.15, -0.1) is 0 Å². The van der Waals surface area contributed by atoms with Crippen LogP contribution >= 0.6 is 0 Å². The maximum Gasteiger partial charge on any atom is 0.325 e. The molecule has 7 nitrogen and oxygen atoms in total. The molecule has 142 valence electrons. The number of aromatic nitrogens is 2. The lowest BCUT2D eigenvalue weighted by molar-refractivity contribution is -0.143. The molecule has 0 spiro atoms. The third kappa shape index (κ3) is 5.38. The molecular formula is C21H19N3O4. The molecule has 0 unspecified atom stereocenters. The fourth-order valence-corrected chi connectivity index (χ4v) is 2.47. The van der Waals surface area contributed by atoms with Crippen molar-refractivity contribution in [3.05, 3.63) is 100.0 Å². The highest BCUT2D eigenvalue weighted by atomic mass is 16.5. The van der Waals surface area contributed by atoms with Crippen molar-refractivity contribution in [2.75, 3.05) is 6.54 Å². The Balaban J connectivity index is 1.56. The molecular weight excluding hydrogens is 358 g/mol. The number of ether oxygens (including phenoxy) is 1. The molecule has 1 N–H and O–H groups in total. The van der Waals surface area contributed by atoms with Gasteiger partial charge < -0.3 is 10.1 Å². The summed E-state index contributed by atoms with van der Waals surface area (Å²) in [7, 11) is 0. The van der Waals surface area contributed by atoms with Gasteiger partial charge in [0.15, 0.2) is 0 Å². The molecule has 0 aliphatic rings. The second-order valence-corrected chi connectivity index (χ2v) is 6.03. The summed E-state index contributed by atoms with van der Waals surface area (Å²) in [6.45, 7) is 0.0980. The van der Waals surface area contributed by atoms with Crippen LogP contribution in [0.4, 0.5) is 0 Å². The summed E-state index contributed by atoms with van der Waals surface area (Å²) in [4.78, 5) is 36.0. The van der Waals surface area contributed by atoms with Crippen LogP contribution in [0.1, 0.15) is 21.6 Å². The second kappa shape index (κ2) is 9.27. The van der Waals surface area contributed by atoms with E-state index in [2.05, 4.69) is 10.4 Å². The van der Waals surface area contributed by atoms with Crippen LogP contribution in [0.2, 0.25) is 0 Å². The zero-order valence-corrected chi connectivity index (χ0v) is 15.1. The summed E-state index contributed by atoms with van der Waals surface area (Å²) in [5.74, 6) is -1.12. The van der Waals surface area contributed by atoms with Gasteiger partial charge in [0.25, 0.3) is 11.5 Å². The van der Waals surface area contributed by atoms with Gasteiger partial charge in [0, 0.05) is 6.07 Å². The smallest absolute Gasteiger partial charge is 0.325 e. The molecule has 3 rings (SSSR count). The van der Waals surface area contributed by atoms with Crippen molar-refractivity contribution in [2.24, 2.45) is 0 Å². The van der Waals surface area contributed by atoms with E-state index >= 15 is 0 Å². The Morgan fingerprint density at radius 3 is 2.21 bits per heavy atom. The van der Waals surface area contributed by atoms with Gasteiger partial charge in [0.05, 0.1) is 6.54 Å². The molecule has 0 bridgehead atoms. The van der Waals surface area contributed by atoms with Gasteiger partial charge in [0.1, 0.15) is 18.8 Å². The SMILES string of the molecule is O=C(CNC(=O)c1ccc(=O)n(Cc2ccccc2)n1)OCc1ccccc1. The minimum absolute atomic E-state index is 0.0476. The van der Waals surface area contributed by atoms with Crippen molar-refractivity contribution in [3.63, 3.8) is 0 Å². The number of nitrogens with zero attached hydrogens (tertiary/aromatic N) is 2. The number of carbonyl (C=O) groups is 2. The summed E-state index contributed by atoms with van der Waals surface area (Å²) in [5, 5.41) is 6.53. The number of benzene rings is 2. The molecule has 1 heterocycles. The fourth-order valence-electron chi connectivity index (χ4n) is 2.47. The highest BCUT2D eigenvalue weighted by Crippen LogP contribution is 2.01. The van der Waals surface area contributed by atoms with E-state index in [1.165, 1.54) is 16.8 Å². The summed E-state index contributed by atoms with van der Waals surface area (Å²) < 4.78 is 6.31. The molecule has 0 saturated heterocycles. The Morgan fingerprint density at radius 1 is 0.893 bits per heavy atom. The van der Waals surface area contributed by atoms with Crippen LogP contribution < -0.4 is 10.9 Å². The Labute approximate surface area is 161 Å². The lowest BCUT2D eigenvalue weighted by Crippen LogP contribution is -2.33. The molecule has 0 aliphatic heterocycles. The Kier molecular flexibility index (Phi) is 6.30. The molecule has 0 fully saturated rings. The molecule has 0 saturated carbocycles. The van der Waals surface area contributed by atoms with Gasteiger partial charge in [-0.1, -0.05) is 60.7 Å². The minimum atomic E-state index is -0.560. The van der Waals surface area contributed by atoms with Crippen LogP contribution in [0, 0.1) is 0 Å². The Morgan fingerprint density at radius 2 is 1.54 bits per heavy atom. The molecule has 1 aromatic heterocycles. The third-order valence-corrected chi connectivity index (χ3v) is 3.91. The van der Waals surface area contributed by atoms with Crippen molar-refractivity contribution < 1.29 is 14.3 Å². The summed E-state index contributed by atoms with van der Waals surface area (Å²) in [6.07, 6.45) is 0. The van der Waals surface area contributed by atoms with E-state index in [-0.39, 0.29) is 30.9 Å². The van der Waals surface area contributed by atoms with Gasteiger partial charge in [-0.2, -0.15) is 5.10 Å². The lowest BCUT2D eigenvalue weighted by Gasteiger charge is -2.08. The van der Waals surface area contributed by atoms with Crippen LogP contribution in [-0.2, 0) is 22.7 Å². The Hall–Kier alpha value is -3.74. The highest BCUT2D eigenvalue weighted by Gasteiger charge is 2.12. The van der Waals surface area contributed by atoms with E-state index < -0.39 is 11.9 Å². The van der Waals surface area contributed by atoms with Gasteiger partial charge in [0.2, 0.25) is 0 Å². The number of rotatable bonds is 7. The topological polar surface area (TPSA) is 90.3 Å². The van der Waals surface area contributed by atoms with Crippen molar-refractivity contribution >= 4 is 11.9 Å². The normalized spacial score (nSPS) is 10.3. The van der Waals surface area contributed by atoms with Gasteiger partial charge >= 0.3 is 5.97 Å². The predicted octanol–water partition coefficient (Wildman–Crippen LogP) is 1.76. The van der Waals surface area contributed by atoms with E-state index in [9.17, 15) is 14.4 Å². The third-order valence-electron chi connectivity index (χ3n) is 3.91. The quantitative estimate of drug-likeness (QED) is 0.634. The van der Waals surface area contributed by atoms with E-state index in [1.807, 2.05) is 60.7 Å². The van der Waals surface area contributed by atoms with E-state index in [0.29, 0.717) is 0 Å². The fraction of sp³-hybridized carbons (Fsp3) is 0.143. The van der Waals surface area contributed by atoms with Crippen LogP contribution in [-0.4, -0.2) is 28.2 Å². The standard InChI is InChI=1S/C21H19N3O4/c25-19-12-11-18(23-24(19)14-16-7-3-1-4-8-16)21(27)22-13-20(26)28-15-17-9-5-2-6-10-17/h1-12H,13-15H2,(H,22,27). The average molecular weight is 377 g/mol. The zero-order chi connectivity index (χ0) is 19.8. The number of hydrogen-bond acceptors (Lipinski definition) is 5. The first-order chi connectivity index (χ1) is 13.6. The molecule has 3 aromatic rings. The van der Waals surface area contributed by atoms with E-state index in [1.54, 1.807) is 0 Å². The largest absolute Gasteiger partial charge is 0.460 e. The molecule has 7 heteroatoms. The lowest BCUT2D eigenvalue weighted by atomic mass is 10.2. The summed E-state index contributed by atoms with van der Waals surface area (Å²) >= 11 is 0. The number of hydrogen-bond donors (Lipinski definition) is 1. The van der Waals surface area contributed by atoms with Crippen molar-refractivity contribution in [2.45, 2.75) is 13.2 Å². The summed E-state index contributed by atoms with van der Waals surface area (Å²) in [5.41, 5.74) is 1.48. The van der Waals surface area contributed by atoms with Crippen LogP contribution in [0.3, 0.4) is 0 Å². The average Bonchev–Trinajstić information content (AvgIpc) is 2.73. The summed E-state index contributed by atoms with van der Waals surface area (Å²) in [6, 6.07) is 21.2. The first-order valence-electron chi connectivity index (χ1n) is 8.71. The molecule has 0 radical (unpaired) electrons. The maximum absolute atomic E-state index is 12.2. The molecule has 0 atom stereocenters. The number of nitrogens with one attached hydrogen (secondary N) is 1. The Bertz CT molecular complexity index is 1000. The number of esters is 1. The monoisotopic (exact) mass is 377 g/mol. The molecule has 28 heavy (non-hydrogen) atoms. The second-order valence-electron chi connectivity index (χ2n) is 6.03. The van der Waals surface area contributed by atoms with Crippen molar-refractivity contribution in [1.29, 1.82) is 0 Å². The molecule has 2 aromatic carbocycles. The number of carbonyl (C=O) groups excluding carboxylic acids is 2. The first kappa shape index (κ1) is 19.0. The zero-order valence-electron chi connectivity index (χ0n) is 15.1. The molecule has 0 aliphatic carbocycles. The van der Waals surface area contributed by atoms with Crippen molar-refractivity contribution in [1.82, 2.24) is 15.1 Å². The number of amides is 1. The van der Waals surface area contributed by atoms with Crippen LogP contribution in [0.15, 0.2) is 77.6 Å².